The molecule has 0 aliphatic carbocycles. The van der Waals surface area contributed by atoms with E-state index in [9.17, 15) is 28.9 Å². The highest BCUT2D eigenvalue weighted by atomic mass is 19.1. The average Bonchev–Trinajstić information content (AvgIpc) is 3.21. The van der Waals surface area contributed by atoms with Gasteiger partial charge in [-0.2, -0.15) is 4.39 Å². The van der Waals surface area contributed by atoms with E-state index in [2.05, 4.69) is 5.32 Å². The van der Waals surface area contributed by atoms with Gasteiger partial charge in [-0.1, -0.05) is 12.1 Å². The average molecular weight is 454 g/mol. The Morgan fingerprint density at radius 2 is 1.82 bits per heavy atom. The van der Waals surface area contributed by atoms with Gasteiger partial charge < -0.3 is 15.1 Å². The minimum absolute atomic E-state index is 0.00427. The lowest BCUT2D eigenvalue weighted by Gasteiger charge is -2.27. The summed E-state index contributed by atoms with van der Waals surface area (Å²) in [4.78, 5) is 51.6. The molecule has 3 amide bonds. The van der Waals surface area contributed by atoms with Crippen molar-refractivity contribution in [3.63, 3.8) is 0 Å². The van der Waals surface area contributed by atoms with Crippen molar-refractivity contribution in [2.45, 2.75) is 25.7 Å². The molecule has 2 aliphatic rings. The van der Waals surface area contributed by atoms with Crippen LogP contribution in [0.3, 0.4) is 0 Å². The highest BCUT2D eigenvalue weighted by molar-refractivity contribution is 6.07. The number of carbonyl (C=O) groups is 3. The Bertz CT molecular complexity index is 1120. The number of carbonyl (C=O) groups excluding carboxylic acids is 3. The minimum atomic E-state index is -1.00. The number of likely N-dealkylation sites (tertiary alicyclic amines) is 1. The lowest BCUT2D eigenvalue weighted by Crippen LogP contribution is -2.36. The number of halogens is 1. The number of piperidine rings is 1. The first-order chi connectivity index (χ1) is 15.8. The zero-order valence-corrected chi connectivity index (χ0v) is 17.8. The molecule has 1 atom stereocenters. The molecule has 2 fully saturated rings. The van der Waals surface area contributed by atoms with Crippen molar-refractivity contribution in [3.8, 4) is 0 Å². The van der Waals surface area contributed by atoms with E-state index >= 15 is 0 Å². The van der Waals surface area contributed by atoms with Gasteiger partial charge in [-0.05, 0) is 43.5 Å². The van der Waals surface area contributed by atoms with Crippen LogP contribution in [0.1, 0.15) is 36.0 Å². The van der Waals surface area contributed by atoms with E-state index in [4.69, 9.17) is 0 Å². The van der Waals surface area contributed by atoms with Crippen LogP contribution in [0.2, 0.25) is 0 Å². The number of hydrogen-bond acceptors (Lipinski definition) is 5. The Hall–Kier alpha value is -3.82. The number of anilines is 2. The molecule has 10 heteroatoms. The summed E-state index contributed by atoms with van der Waals surface area (Å²) in [5, 5.41) is 13.8. The standard InChI is InChI=1S/C23H23FN4O5/c24-18-9-8-16(13-20(18)28(32)33)27-14-15(12-21(27)29)22(30)25-19-7-3-2-6-17(19)23(31)26-10-4-1-5-11-26/h2-3,6-9,13,15H,1,4-5,10-12,14H2,(H,25,30). The fraction of sp³-hybridized carbons (Fsp3) is 0.348. The smallest absolute Gasteiger partial charge is 0.306 e. The molecule has 2 aromatic carbocycles. The normalized spacial score (nSPS) is 18.3. The van der Waals surface area contributed by atoms with Crippen LogP contribution >= 0.6 is 0 Å². The fourth-order valence-electron chi connectivity index (χ4n) is 4.22. The van der Waals surface area contributed by atoms with Gasteiger partial charge in [-0.3, -0.25) is 24.5 Å². The second-order valence-electron chi connectivity index (χ2n) is 8.19. The first-order valence-corrected chi connectivity index (χ1v) is 10.8. The van der Waals surface area contributed by atoms with Gasteiger partial charge in [0, 0.05) is 32.1 Å². The van der Waals surface area contributed by atoms with Gasteiger partial charge in [0.25, 0.3) is 5.91 Å². The second kappa shape index (κ2) is 9.35. The highest BCUT2D eigenvalue weighted by Gasteiger charge is 2.36. The van der Waals surface area contributed by atoms with Crippen molar-refractivity contribution < 1.29 is 23.7 Å². The van der Waals surface area contributed by atoms with E-state index in [0.717, 1.165) is 31.4 Å². The molecule has 9 nitrogen and oxygen atoms in total. The maximum atomic E-state index is 13.6. The summed E-state index contributed by atoms with van der Waals surface area (Å²) in [6.45, 7) is 1.35. The van der Waals surface area contributed by atoms with Gasteiger partial charge in [0.05, 0.1) is 27.8 Å². The third-order valence-corrected chi connectivity index (χ3v) is 5.99. The van der Waals surface area contributed by atoms with Crippen molar-refractivity contribution in [1.29, 1.82) is 0 Å². The molecule has 2 saturated heterocycles. The van der Waals surface area contributed by atoms with Gasteiger partial charge in [-0.15, -0.1) is 0 Å². The molecule has 2 aromatic rings. The van der Waals surface area contributed by atoms with Crippen LogP contribution in [0, 0.1) is 21.8 Å². The van der Waals surface area contributed by atoms with Gasteiger partial charge >= 0.3 is 5.69 Å². The highest BCUT2D eigenvalue weighted by Crippen LogP contribution is 2.30. The van der Waals surface area contributed by atoms with E-state index in [1.54, 1.807) is 29.2 Å². The fourth-order valence-corrected chi connectivity index (χ4v) is 4.22. The van der Waals surface area contributed by atoms with Gasteiger partial charge in [-0.25, -0.2) is 0 Å². The molecule has 4 rings (SSSR count). The maximum absolute atomic E-state index is 13.6. The molecule has 0 radical (unpaired) electrons. The molecule has 1 unspecified atom stereocenters. The molecule has 0 aromatic heterocycles. The van der Waals surface area contributed by atoms with E-state index in [1.165, 1.54) is 11.0 Å². The summed E-state index contributed by atoms with van der Waals surface area (Å²) in [7, 11) is 0. The van der Waals surface area contributed by atoms with Crippen molar-refractivity contribution in [2.24, 2.45) is 5.92 Å². The number of rotatable bonds is 5. The molecule has 1 N–H and O–H groups in total. The molecule has 2 heterocycles. The summed E-state index contributed by atoms with van der Waals surface area (Å²) in [5.41, 5.74) is 0.187. The van der Waals surface area contributed by atoms with Crippen LogP contribution in [0.4, 0.5) is 21.5 Å². The zero-order chi connectivity index (χ0) is 23.5. The molecular weight excluding hydrogens is 431 g/mol. The zero-order valence-electron chi connectivity index (χ0n) is 17.8. The lowest BCUT2D eigenvalue weighted by atomic mass is 10.1. The van der Waals surface area contributed by atoms with Crippen molar-refractivity contribution in [2.75, 3.05) is 29.9 Å². The summed E-state index contributed by atoms with van der Waals surface area (Å²) >= 11 is 0. The van der Waals surface area contributed by atoms with Crippen molar-refractivity contribution in [3.05, 3.63) is 64.0 Å². The van der Waals surface area contributed by atoms with Gasteiger partial charge in [0.15, 0.2) is 0 Å². The molecule has 0 bridgehead atoms. The number of hydrogen-bond donors (Lipinski definition) is 1. The van der Waals surface area contributed by atoms with Crippen LogP contribution in [0.15, 0.2) is 42.5 Å². The number of benzene rings is 2. The van der Waals surface area contributed by atoms with Gasteiger partial charge in [0.1, 0.15) is 0 Å². The topological polar surface area (TPSA) is 113 Å². The minimum Gasteiger partial charge on any atom is -0.339 e. The Morgan fingerprint density at radius 1 is 1.09 bits per heavy atom. The van der Waals surface area contributed by atoms with Crippen LogP contribution in [-0.2, 0) is 9.59 Å². The molecule has 172 valence electrons. The van der Waals surface area contributed by atoms with Crippen molar-refractivity contribution in [1.82, 2.24) is 4.90 Å². The number of nitrogens with one attached hydrogen (secondary N) is 1. The Kier molecular flexibility index (Phi) is 6.34. The monoisotopic (exact) mass is 454 g/mol. The number of amides is 3. The van der Waals surface area contributed by atoms with E-state index in [-0.39, 0.29) is 24.6 Å². The van der Waals surface area contributed by atoms with E-state index in [0.29, 0.717) is 24.3 Å². The van der Waals surface area contributed by atoms with Gasteiger partial charge in [0.2, 0.25) is 17.6 Å². The number of nitro groups is 1. The molecule has 0 spiro atoms. The third-order valence-electron chi connectivity index (χ3n) is 5.99. The molecule has 33 heavy (non-hydrogen) atoms. The molecular formula is C23H23FN4O5. The molecule has 2 aliphatic heterocycles. The van der Waals surface area contributed by atoms with E-state index < -0.39 is 34.2 Å². The first kappa shape index (κ1) is 22.4. The second-order valence-corrected chi connectivity index (χ2v) is 8.19. The van der Waals surface area contributed by atoms with Crippen LogP contribution in [-0.4, -0.2) is 47.2 Å². The quantitative estimate of drug-likeness (QED) is 0.550. The summed E-state index contributed by atoms with van der Waals surface area (Å²) < 4.78 is 13.6. The SMILES string of the molecule is O=C(Nc1ccccc1C(=O)N1CCCCC1)C1CC(=O)N(c2ccc(F)c([N+](=O)[O-])c2)C1. The number of nitrogens with zero attached hydrogens (tertiary/aromatic N) is 3. The largest absolute Gasteiger partial charge is 0.339 e. The van der Waals surface area contributed by atoms with Crippen LogP contribution in [0.5, 0.6) is 0 Å². The Labute approximate surface area is 189 Å². The predicted octanol–water partition coefficient (Wildman–Crippen LogP) is 3.35. The van der Waals surface area contributed by atoms with Crippen molar-refractivity contribution >= 4 is 34.8 Å². The first-order valence-electron chi connectivity index (χ1n) is 10.8. The number of nitro benzene ring substituents is 1. The summed E-state index contributed by atoms with van der Waals surface area (Å²) in [6.07, 6.45) is 2.88. The van der Waals surface area contributed by atoms with Crippen LogP contribution < -0.4 is 10.2 Å². The summed E-state index contributed by atoms with van der Waals surface area (Å²) in [5.74, 6) is -2.69. The lowest BCUT2D eigenvalue weighted by molar-refractivity contribution is -0.387. The maximum Gasteiger partial charge on any atom is 0.306 e. The Balaban J connectivity index is 1.48. The van der Waals surface area contributed by atoms with Crippen LogP contribution in [0.25, 0.3) is 0 Å². The Morgan fingerprint density at radius 3 is 2.55 bits per heavy atom. The molecule has 0 saturated carbocycles. The third kappa shape index (κ3) is 4.69. The van der Waals surface area contributed by atoms with E-state index in [1.807, 2.05) is 0 Å². The predicted molar refractivity (Wildman–Crippen MR) is 118 cm³/mol. The number of para-hydroxylation sites is 1. The summed E-state index contributed by atoms with van der Waals surface area (Å²) in [6, 6.07) is 9.94.